The van der Waals surface area contributed by atoms with Gasteiger partial charge >= 0.3 is 0 Å². The molecule has 1 aromatic rings. The Morgan fingerprint density at radius 2 is 2.00 bits per heavy atom. The van der Waals surface area contributed by atoms with Crippen molar-refractivity contribution >= 4 is 17.7 Å². The van der Waals surface area contributed by atoms with Gasteiger partial charge in [-0.1, -0.05) is 19.1 Å². The number of hydrogen-bond acceptors (Lipinski definition) is 4. The van der Waals surface area contributed by atoms with Gasteiger partial charge in [-0.15, -0.1) is 0 Å². The van der Waals surface area contributed by atoms with Crippen LogP contribution < -0.4 is 11.1 Å². The van der Waals surface area contributed by atoms with Crippen molar-refractivity contribution in [2.45, 2.75) is 64.1 Å². The van der Waals surface area contributed by atoms with Crippen molar-refractivity contribution in [3.8, 4) is 0 Å². The molecule has 3 N–H and O–H groups in total. The summed E-state index contributed by atoms with van der Waals surface area (Å²) in [7, 11) is 0. The van der Waals surface area contributed by atoms with Crippen LogP contribution in [0, 0.1) is 11.8 Å². The Balaban J connectivity index is 1.49. The maximum absolute atomic E-state index is 12.8. The zero-order valence-corrected chi connectivity index (χ0v) is 15.7. The van der Waals surface area contributed by atoms with E-state index in [-0.39, 0.29) is 30.2 Å². The van der Waals surface area contributed by atoms with E-state index >= 15 is 0 Å². The van der Waals surface area contributed by atoms with Gasteiger partial charge in [0, 0.05) is 24.6 Å². The van der Waals surface area contributed by atoms with Gasteiger partial charge in [-0.2, -0.15) is 0 Å². The number of nitrogens with zero attached hydrogens (tertiary/aromatic N) is 1. The van der Waals surface area contributed by atoms with Crippen LogP contribution in [0.15, 0.2) is 18.2 Å². The Hall–Kier alpha value is -2.21. The summed E-state index contributed by atoms with van der Waals surface area (Å²) in [6.45, 7) is 2.72. The van der Waals surface area contributed by atoms with Crippen LogP contribution >= 0.6 is 0 Å². The minimum absolute atomic E-state index is 0.117. The number of carbonyl (C=O) groups excluding carboxylic acids is 3. The number of imide groups is 1. The van der Waals surface area contributed by atoms with Crippen molar-refractivity contribution in [1.29, 1.82) is 0 Å². The summed E-state index contributed by atoms with van der Waals surface area (Å²) < 4.78 is 0. The number of amides is 3. The van der Waals surface area contributed by atoms with E-state index in [9.17, 15) is 14.4 Å². The number of nitrogens with one attached hydrogen (secondary N) is 1. The van der Waals surface area contributed by atoms with Gasteiger partial charge in [-0.3, -0.25) is 19.7 Å². The molecule has 0 bridgehead atoms. The highest BCUT2D eigenvalue weighted by Crippen LogP contribution is 2.32. The topological polar surface area (TPSA) is 92.5 Å². The highest BCUT2D eigenvalue weighted by molar-refractivity contribution is 6.05. The second-order valence-electron chi connectivity index (χ2n) is 8.44. The van der Waals surface area contributed by atoms with Gasteiger partial charge in [-0.25, -0.2) is 0 Å². The van der Waals surface area contributed by atoms with E-state index in [0.717, 1.165) is 24.8 Å². The molecule has 2 heterocycles. The molecule has 2 aliphatic heterocycles. The molecule has 0 spiro atoms. The Labute approximate surface area is 159 Å². The van der Waals surface area contributed by atoms with E-state index < -0.39 is 6.04 Å². The molecule has 144 valence electrons. The fourth-order valence-electron chi connectivity index (χ4n) is 4.81. The van der Waals surface area contributed by atoms with Crippen molar-refractivity contribution in [2.24, 2.45) is 17.6 Å². The molecule has 1 saturated heterocycles. The predicted octanol–water partition coefficient (Wildman–Crippen LogP) is 1.75. The minimum Gasteiger partial charge on any atom is -0.327 e. The molecule has 0 radical (unpaired) electrons. The molecule has 2 unspecified atom stereocenters. The Morgan fingerprint density at radius 1 is 1.19 bits per heavy atom. The number of nitrogens with two attached hydrogens (primary N) is 1. The monoisotopic (exact) mass is 369 g/mol. The number of rotatable bonds is 3. The van der Waals surface area contributed by atoms with Gasteiger partial charge in [0.15, 0.2) is 0 Å². The standard InChI is InChI=1S/C21H27N3O3/c1-12-2-5-17(22)14(8-12)9-13-3-4-16-15(10-13)11-24(21(16)27)18-6-7-19(25)23-20(18)26/h3-4,10,12,14,17-18H,2,5-9,11,22H2,1H3,(H,23,25,26)/t12?,14-,17+,18?/m1/s1. The third-order valence-electron chi connectivity index (χ3n) is 6.39. The van der Waals surface area contributed by atoms with E-state index in [0.29, 0.717) is 30.4 Å². The molecule has 4 atom stereocenters. The van der Waals surface area contributed by atoms with Crippen molar-refractivity contribution in [2.75, 3.05) is 0 Å². The smallest absolute Gasteiger partial charge is 0.255 e. The van der Waals surface area contributed by atoms with Crippen LogP contribution in [0.5, 0.6) is 0 Å². The summed E-state index contributed by atoms with van der Waals surface area (Å²) in [5.74, 6) is 0.452. The highest BCUT2D eigenvalue weighted by Gasteiger charge is 2.39. The van der Waals surface area contributed by atoms with Gasteiger partial charge in [0.25, 0.3) is 5.91 Å². The second-order valence-corrected chi connectivity index (χ2v) is 8.44. The molecule has 6 nitrogen and oxygen atoms in total. The van der Waals surface area contributed by atoms with E-state index in [4.69, 9.17) is 5.73 Å². The van der Waals surface area contributed by atoms with Crippen LogP contribution in [0.2, 0.25) is 0 Å². The van der Waals surface area contributed by atoms with Crippen LogP contribution in [0.1, 0.15) is 60.5 Å². The van der Waals surface area contributed by atoms with E-state index in [1.54, 1.807) is 4.90 Å². The summed E-state index contributed by atoms with van der Waals surface area (Å²) in [6.07, 6.45) is 5.05. The van der Waals surface area contributed by atoms with E-state index in [1.165, 1.54) is 12.0 Å². The average Bonchev–Trinajstić information content (AvgIpc) is 2.94. The number of carbonyl (C=O) groups is 3. The van der Waals surface area contributed by atoms with E-state index in [1.807, 2.05) is 12.1 Å². The van der Waals surface area contributed by atoms with Gasteiger partial charge < -0.3 is 10.6 Å². The second kappa shape index (κ2) is 7.08. The van der Waals surface area contributed by atoms with Crippen LogP contribution in [0.4, 0.5) is 0 Å². The predicted molar refractivity (Wildman–Crippen MR) is 101 cm³/mol. The lowest BCUT2D eigenvalue weighted by atomic mass is 9.76. The third-order valence-corrected chi connectivity index (χ3v) is 6.39. The fraction of sp³-hybridized carbons (Fsp3) is 0.571. The Kier molecular flexibility index (Phi) is 4.76. The van der Waals surface area contributed by atoms with Crippen LogP contribution in [-0.4, -0.2) is 34.7 Å². The lowest BCUT2D eigenvalue weighted by Crippen LogP contribution is -2.52. The molecular weight excluding hydrogens is 342 g/mol. The summed E-state index contributed by atoms with van der Waals surface area (Å²) in [5, 5.41) is 2.34. The molecule has 1 saturated carbocycles. The molecule has 27 heavy (non-hydrogen) atoms. The van der Waals surface area contributed by atoms with Crippen molar-refractivity contribution in [1.82, 2.24) is 10.2 Å². The van der Waals surface area contributed by atoms with Crippen molar-refractivity contribution in [3.63, 3.8) is 0 Å². The SMILES string of the molecule is CC1CC[C@H](N)[C@@H](Cc2ccc3c(c2)CN(C2CCC(=O)NC2=O)C3=O)C1. The molecule has 6 heteroatoms. The molecule has 1 aliphatic carbocycles. The third kappa shape index (κ3) is 3.50. The zero-order valence-electron chi connectivity index (χ0n) is 15.7. The van der Waals surface area contributed by atoms with Gasteiger partial charge in [0.1, 0.15) is 6.04 Å². The Morgan fingerprint density at radius 3 is 2.78 bits per heavy atom. The number of benzene rings is 1. The summed E-state index contributed by atoms with van der Waals surface area (Å²) >= 11 is 0. The summed E-state index contributed by atoms with van der Waals surface area (Å²) in [5.41, 5.74) is 9.19. The van der Waals surface area contributed by atoms with Crippen LogP contribution in [0.3, 0.4) is 0 Å². The molecule has 3 aliphatic rings. The van der Waals surface area contributed by atoms with Gasteiger partial charge in [0.2, 0.25) is 11.8 Å². The van der Waals surface area contributed by atoms with Crippen LogP contribution in [0.25, 0.3) is 0 Å². The maximum Gasteiger partial charge on any atom is 0.255 e. The zero-order chi connectivity index (χ0) is 19.1. The first-order valence-corrected chi connectivity index (χ1v) is 9.94. The lowest BCUT2D eigenvalue weighted by molar-refractivity contribution is -0.136. The molecule has 3 amide bonds. The molecular formula is C21H27N3O3. The lowest BCUT2D eigenvalue weighted by Gasteiger charge is -2.32. The first kappa shape index (κ1) is 18.2. The molecule has 4 rings (SSSR count). The molecule has 1 aromatic carbocycles. The Bertz CT molecular complexity index is 791. The van der Waals surface area contributed by atoms with Crippen LogP contribution in [-0.2, 0) is 22.6 Å². The fourth-order valence-corrected chi connectivity index (χ4v) is 4.81. The van der Waals surface area contributed by atoms with Gasteiger partial charge in [-0.05, 0) is 61.1 Å². The first-order chi connectivity index (χ1) is 12.9. The number of fused-ring (bicyclic) bond motifs is 1. The number of piperidine rings is 1. The van der Waals surface area contributed by atoms with E-state index in [2.05, 4.69) is 18.3 Å². The highest BCUT2D eigenvalue weighted by atomic mass is 16.2. The number of hydrogen-bond donors (Lipinski definition) is 2. The largest absolute Gasteiger partial charge is 0.327 e. The van der Waals surface area contributed by atoms with Crippen molar-refractivity contribution < 1.29 is 14.4 Å². The van der Waals surface area contributed by atoms with Gasteiger partial charge in [0.05, 0.1) is 0 Å². The average molecular weight is 369 g/mol. The minimum atomic E-state index is -0.557. The molecule has 0 aromatic heterocycles. The summed E-state index contributed by atoms with van der Waals surface area (Å²) in [6, 6.07) is 5.70. The first-order valence-electron chi connectivity index (χ1n) is 9.94. The normalized spacial score (nSPS) is 31.0. The summed E-state index contributed by atoms with van der Waals surface area (Å²) in [4.78, 5) is 37.9. The quantitative estimate of drug-likeness (QED) is 0.794. The van der Waals surface area contributed by atoms with Crippen molar-refractivity contribution in [3.05, 3.63) is 34.9 Å². The maximum atomic E-state index is 12.8. The molecule has 2 fully saturated rings.